The van der Waals surface area contributed by atoms with Crippen LogP contribution in [0.2, 0.25) is 0 Å². The first-order valence-corrected chi connectivity index (χ1v) is 9.97. The molecule has 1 aliphatic carbocycles. The lowest BCUT2D eigenvalue weighted by atomic mass is 9.84. The Hall–Kier alpha value is -2.49. The molecule has 27 heavy (non-hydrogen) atoms. The van der Waals surface area contributed by atoms with Crippen LogP contribution >= 0.6 is 0 Å². The standard InChI is InChI=1S/C23H29NO3/c1-3-24(21-12-8-5-9-13-21)18(2)26-23(25)27-22-16-14-20(15-17-22)19-10-6-4-7-11-19/h5,8-9,12-19H,3-4,6-7,10-11H2,1-2H3. The molecule has 1 saturated carbocycles. The van der Waals surface area contributed by atoms with Crippen LogP contribution in [0.1, 0.15) is 57.4 Å². The number of carbonyl (C=O) groups is 1. The Balaban J connectivity index is 1.55. The van der Waals surface area contributed by atoms with Crippen LogP contribution in [0.3, 0.4) is 0 Å². The predicted molar refractivity (Wildman–Crippen MR) is 108 cm³/mol. The number of hydrogen-bond donors (Lipinski definition) is 0. The van der Waals surface area contributed by atoms with E-state index in [9.17, 15) is 4.79 Å². The Bertz CT molecular complexity index is 708. The minimum Gasteiger partial charge on any atom is -0.410 e. The number of rotatable bonds is 6. The van der Waals surface area contributed by atoms with Crippen LogP contribution in [0, 0.1) is 0 Å². The van der Waals surface area contributed by atoms with Gasteiger partial charge in [-0.2, -0.15) is 0 Å². The molecule has 0 spiro atoms. The topological polar surface area (TPSA) is 38.8 Å². The van der Waals surface area contributed by atoms with Crippen LogP contribution in [0.5, 0.6) is 5.75 Å². The zero-order valence-corrected chi connectivity index (χ0v) is 16.3. The molecular weight excluding hydrogens is 338 g/mol. The lowest BCUT2D eigenvalue weighted by Gasteiger charge is -2.29. The minimum absolute atomic E-state index is 0.411. The van der Waals surface area contributed by atoms with Gasteiger partial charge in [0.2, 0.25) is 0 Å². The van der Waals surface area contributed by atoms with Crippen molar-refractivity contribution in [2.24, 2.45) is 0 Å². The quantitative estimate of drug-likeness (QED) is 0.350. The normalized spacial score (nSPS) is 15.8. The third kappa shape index (κ3) is 5.25. The van der Waals surface area contributed by atoms with E-state index >= 15 is 0 Å². The predicted octanol–water partition coefficient (Wildman–Crippen LogP) is 6.12. The molecule has 4 nitrogen and oxygen atoms in total. The van der Waals surface area contributed by atoms with Crippen molar-refractivity contribution < 1.29 is 14.3 Å². The molecule has 0 saturated heterocycles. The van der Waals surface area contributed by atoms with Crippen LogP contribution in [0.25, 0.3) is 0 Å². The third-order valence-corrected chi connectivity index (χ3v) is 5.29. The second-order valence-corrected chi connectivity index (χ2v) is 7.09. The fourth-order valence-corrected chi connectivity index (χ4v) is 3.84. The molecule has 0 N–H and O–H groups in total. The van der Waals surface area contributed by atoms with Crippen molar-refractivity contribution in [1.29, 1.82) is 0 Å². The molecule has 3 rings (SSSR count). The number of ether oxygens (including phenoxy) is 2. The van der Waals surface area contributed by atoms with Crippen molar-refractivity contribution in [3.05, 3.63) is 60.2 Å². The van der Waals surface area contributed by atoms with E-state index in [1.807, 2.05) is 61.2 Å². The summed E-state index contributed by atoms with van der Waals surface area (Å²) in [6, 6.07) is 17.8. The monoisotopic (exact) mass is 367 g/mol. The first-order chi connectivity index (χ1) is 13.2. The largest absolute Gasteiger partial charge is 0.515 e. The molecular formula is C23H29NO3. The van der Waals surface area contributed by atoms with Gasteiger partial charge in [-0.05, 0) is 62.4 Å². The highest BCUT2D eigenvalue weighted by Gasteiger charge is 2.19. The summed E-state index contributed by atoms with van der Waals surface area (Å²) in [5.41, 5.74) is 2.35. The van der Waals surface area contributed by atoms with Crippen molar-refractivity contribution in [2.75, 3.05) is 11.4 Å². The van der Waals surface area contributed by atoms with E-state index in [1.165, 1.54) is 37.7 Å². The number of carbonyl (C=O) groups excluding carboxylic acids is 1. The van der Waals surface area contributed by atoms with E-state index in [-0.39, 0.29) is 0 Å². The van der Waals surface area contributed by atoms with E-state index in [0.29, 0.717) is 11.7 Å². The lowest BCUT2D eigenvalue weighted by Crippen LogP contribution is -2.37. The Morgan fingerprint density at radius 3 is 2.33 bits per heavy atom. The Morgan fingerprint density at radius 1 is 1.04 bits per heavy atom. The first kappa shape index (κ1) is 19.3. The molecule has 0 amide bonds. The minimum atomic E-state index is -0.678. The molecule has 0 aromatic heterocycles. The molecule has 1 atom stereocenters. The first-order valence-electron chi connectivity index (χ1n) is 9.97. The molecule has 144 valence electrons. The van der Waals surface area contributed by atoms with Crippen LogP contribution < -0.4 is 9.64 Å². The van der Waals surface area contributed by atoms with Gasteiger partial charge in [0.25, 0.3) is 0 Å². The van der Waals surface area contributed by atoms with Crippen LogP contribution in [-0.4, -0.2) is 18.9 Å². The highest BCUT2D eigenvalue weighted by Crippen LogP contribution is 2.33. The second-order valence-electron chi connectivity index (χ2n) is 7.09. The zero-order chi connectivity index (χ0) is 19.1. The third-order valence-electron chi connectivity index (χ3n) is 5.29. The van der Waals surface area contributed by atoms with Gasteiger partial charge < -0.3 is 14.4 Å². The average molecular weight is 367 g/mol. The van der Waals surface area contributed by atoms with Crippen molar-refractivity contribution >= 4 is 11.8 Å². The number of hydrogen-bond acceptors (Lipinski definition) is 4. The van der Waals surface area contributed by atoms with E-state index in [2.05, 4.69) is 12.1 Å². The Morgan fingerprint density at radius 2 is 1.70 bits per heavy atom. The van der Waals surface area contributed by atoms with E-state index in [0.717, 1.165) is 12.2 Å². The fourth-order valence-electron chi connectivity index (χ4n) is 3.84. The number of benzene rings is 2. The molecule has 0 radical (unpaired) electrons. The maximum Gasteiger partial charge on any atom is 0.515 e. The van der Waals surface area contributed by atoms with E-state index in [1.54, 1.807) is 0 Å². The zero-order valence-electron chi connectivity index (χ0n) is 16.3. The summed E-state index contributed by atoms with van der Waals surface area (Å²) in [6.45, 7) is 4.61. The SMILES string of the molecule is CCN(c1ccccc1)C(C)OC(=O)Oc1ccc(C2CCCCC2)cc1. The van der Waals surface area contributed by atoms with Gasteiger partial charge in [0.05, 0.1) is 0 Å². The lowest BCUT2D eigenvalue weighted by molar-refractivity contribution is 0.0645. The highest BCUT2D eigenvalue weighted by molar-refractivity contribution is 5.64. The van der Waals surface area contributed by atoms with Gasteiger partial charge >= 0.3 is 6.16 Å². The van der Waals surface area contributed by atoms with Gasteiger partial charge in [0.15, 0.2) is 6.23 Å². The summed E-state index contributed by atoms with van der Waals surface area (Å²) in [6.07, 6.45) is 5.39. The number of anilines is 1. The summed E-state index contributed by atoms with van der Waals surface area (Å²) in [4.78, 5) is 14.2. The van der Waals surface area contributed by atoms with Gasteiger partial charge in [0, 0.05) is 12.2 Å². The Kier molecular flexibility index (Phi) is 6.74. The second kappa shape index (κ2) is 9.45. The number of para-hydroxylation sites is 1. The van der Waals surface area contributed by atoms with Gasteiger partial charge in [-0.25, -0.2) is 4.79 Å². The summed E-state index contributed by atoms with van der Waals surface area (Å²) < 4.78 is 10.8. The maximum atomic E-state index is 12.2. The average Bonchev–Trinajstić information content (AvgIpc) is 2.70. The van der Waals surface area contributed by atoms with Crippen LogP contribution in [0.4, 0.5) is 10.5 Å². The molecule has 0 aliphatic heterocycles. The van der Waals surface area contributed by atoms with Crippen molar-refractivity contribution in [1.82, 2.24) is 0 Å². The molecule has 1 fully saturated rings. The molecule has 2 aromatic carbocycles. The van der Waals surface area contributed by atoms with E-state index < -0.39 is 12.4 Å². The summed E-state index contributed by atoms with van der Waals surface area (Å²) in [7, 11) is 0. The molecule has 1 unspecified atom stereocenters. The van der Waals surface area contributed by atoms with Gasteiger partial charge in [-0.15, -0.1) is 0 Å². The summed E-state index contributed by atoms with van der Waals surface area (Å²) >= 11 is 0. The number of nitrogens with zero attached hydrogens (tertiary/aromatic N) is 1. The van der Waals surface area contributed by atoms with Gasteiger partial charge in [-0.1, -0.05) is 49.6 Å². The van der Waals surface area contributed by atoms with Gasteiger partial charge in [0.1, 0.15) is 5.75 Å². The molecule has 0 heterocycles. The maximum absolute atomic E-state index is 12.2. The van der Waals surface area contributed by atoms with Gasteiger partial charge in [-0.3, -0.25) is 0 Å². The summed E-state index contributed by atoms with van der Waals surface area (Å²) in [5.74, 6) is 1.17. The molecule has 0 bridgehead atoms. The highest BCUT2D eigenvalue weighted by atomic mass is 16.7. The molecule has 4 heteroatoms. The molecule has 2 aromatic rings. The fraction of sp³-hybridized carbons (Fsp3) is 0.435. The Labute approximate surface area is 162 Å². The van der Waals surface area contributed by atoms with Crippen molar-refractivity contribution in [2.45, 2.75) is 58.1 Å². The van der Waals surface area contributed by atoms with Crippen molar-refractivity contribution in [3.8, 4) is 5.75 Å². The van der Waals surface area contributed by atoms with Crippen LogP contribution in [0.15, 0.2) is 54.6 Å². The molecule has 1 aliphatic rings. The summed E-state index contributed by atoms with van der Waals surface area (Å²) in [5, 5.41) is 0. The van der Waals surface area contributed by atoms with Crippen molar-refractivity contribution in [3.63, 3.8) is 0 Å². The smallest absolute Gasteiger partial charge is 0.410 e. The van der Waals surface area contributed by atoms with Crippen LogP contribution in [-0.2, 0) is 4.74 Å². The van der Waals surface area contributed by atoms with E-state index in [4.69, 9.17) is 9.47 Å².